The van der Waals surface area contributed by atoms with E-state index in [0.717, 1.165) is 15.8 Å². The van der Waals surface area contributed by atoms with Crippen LogP contribution >= 0.6 is 11.6 Å². The first-order valence-corrected chi connectivity index (χ1v) is 12.7. The van der Waals surface area contributed by atoms with Gasteiger partial charge in [-0.3, -0.25) is 29.4 Å². The van der Waals surface area contributed by atoms with Crippen molar-refractivity contribution in [1.29, 1.82) is 0 Å². The summed E-state index contributed by atoms with van der Waals surface area (Å²) < 4.78 is 6.14. The number of pyridine rings is 2. The van der Waals surface area contributed by atoms with Crippen molar-refractivity contribution in [3.63, 3.8) is 0 Å². The Morgan fingerprint density at radius 3 is 2.60 bits per heavy atom. The maximum Gasteiger partial charge on any atom is 0.326 e. The zero-order valence-electron chi connectivity index (χ0n) is 22.3. The van der Waals surface area contributed by atoms with Gasteiger partial charge in [-0.25, -0.2) is 9.78 Å². The first-order chi connectivity index (χ1) is 20.1. The number of nitro groups is 1. The van der Waals surface area contributed by atoms with Gasteiger partial charge in [0.25, 0.3) is 11.8 Å². The zero-order chi connectivity index (χ0) is 30.4. The average Bonchev–Trinajstić information content (AvgIpc) is 3.36. The molecule has 2 amide bonds. The summed E-state index contributed by atoms with van der Waals surface area (Å²) in [6.07, 6.45) is 3.68. The number of ether oxygens (including phenoxy) is 1. The van der Waals surface area contributed by atoms with Crippen molar-refractivity contribution < 1.29 is 29.2 Å². The third-order valence-corrected chi connectivity index (χ3v) is 6.52. The zero-order valence-corrected chi connectivity index (χ0v) is 23.1. The second kappa shape index (κ2) is 12.9. The van der Waals surface area contributed by atoms with Crippen LogP contribution in [0, 0.1) is 10.1 Å². The maximum absolute atomic E-state index is 13.8. The van der Waals surface area contributed by atoms with Crippen molar-refractivity contribution in [3.8, 4) is 5.75 Å². The predicted molar refractivity (Wildman–Crippen MR) is 149 cm³/mol. The number of rotatable bonds is 11. The molecule has 0 saturated heterocycles. The highest BCUT2D eigenvalue weighted by Gasteiger charge is 2.36. The first kappa shape index (κ1) is 29.6. The number of carboxylic acid groups (broad SMARTS) is 1. The van der Waals surface area contributed by atoms with E-state index in [4.69, 9.17) is 16.3 Å². The lowest BCUT2D eigenvalue weighted by Gasteiger charge is -2.29. The molecule has 0 saturated carbocycles. The van der Waals surface area contributed by atoms with Crippen LogP contribution in [-0.4, -0.2) is 65.6 Å². The number of carboxylic acids is 1. The molecule has 15 heteroatoms. The van der Waals surface area contributed by atoms with Crippen LogP contribution in [0.25, 0.3) is 0 Å². The lowest BCUT2D eigenvalue weighted by Crippen LogP contribution is -2.46. The molecule has 4 aromatic rings. The molecule has 14 nitrogen and oxygen atoms in total. The fraction of sp³-hybridized carbons (Fsp3) is 0.185. The highest BCUT2D eigenvalue weighted by molar-refractivity contribution is 6.34. The second-order valence-corrected chi connectivity index (χ2v) is 9.33. The molecular weight excluding hydrogens is 570 g/mol. The Labute approximate surface area is 243 Å². The van der Waals surface area contributed by atoms with Gasteiger partial charge in [-0.2, -0.15) is 5.10 Å². The van der Waals surface area contributed by atoms with Crippen LogP contribution in [0.2, 0.25) is 5.02 Å². The topological polar surface area (TPSA) is 183 Å². The van der Waals surface area contributed by atoms with Gasteiger partial charge in [0, 0.05) is 44.2 Å². The van der Waals surface area contributed by atoms with Gasteiger partial charge < -0.3 is 20.1 Å². The van der Waals surface area contributed by atoms with Crippen LogP contribution < -0.4 is 10.1 Å². The molecule has 0 spiro atoms. The summed E-state index contributed by atoms with van der Waals surface area (Å²) in [4.78, 5) is 59.2. The van der Waals surface area contributed by atoms with Gasteiger partial charge in [0.1, 0.15) is 23.8 Å². The molecule has 1 unspecified atom stereocenters. The molecule has 42 heavy (non-hydrogen) atoms. The number of methoxy groups -OCH3 is 1. The number of amides is 2. The van der Waals surface area contributed by atoms with E-state index in [2.05, 4.69) is 20.4 Å². The number of benzene rings is 1. The summed E-state index contributed by atoms with van der Waals surface area (Å²) in [5, 5.41) is 28.2. The summed E-state index contributed by atoms with van der Waals surface area (Å²) in [5.41, 5.74) is -0.140. The van der Waals surface area contributed by atoms with Crippen LogP contribution in [-0.2, 0) is 24.8 Å². The highest BCUT2D eigenvalue weighted by Crippen LogP contribution is 2.26. The van der Waals surface area contributed by atoms with Gasteiger partial charge in [0.15, 0.2) is 0 Å². The number of carbonyl (C=O) groups is 3. The normalized spacial score (nSPS) is 11.4. The van der Waals surface area contributed by atoms with Gasteiger partial charge in [-0.05, 0) is 35.9 Å². The molecule has 0 bridgehead atoms. The van der Waals surface area contributed by atoms with Crippen LogP contribution in [0.3, 0.4) is 0 Å². The van der Waals surface area contributed by atoms with Crippen LogP contribution in [0.15, 0.2) is 67.1 Å². The Hall–Kier alpha value is -5.37. The van der Waals surface area contributed by atoms with E-state index in [9.17, 15) is 29.6 Å². The minimum absolute atomic E-state index is 0.0170. The highest BCUT2D eigenvalue weighted by atomic mass is 35.5. The lowest BCUT2D eigenvalue weighted by atomic mass is 10.1. The fourth-order valence-corrected chi connectivity index (χ4v) is 4.43. The Morgan fingerprint density at radius 2 is 1.95 bits per heavy atom. The summed E-state index contributed by atoms with van der Waals surface area (Å²) in [6.45, 7) is -0.315. The first-order valence-electron chi connectivity index (χ1n) is 12.3. The number of anilines is 1. The molecule has 0 aliphatic rings. The van der Waals surface area contributed by atoms with Crippen LogP contribution in [0.4, 0.5) is 11.5 Å². The smallest absolute Gasteiger partial charge is 0.326 e. The standard InChI is InChI=1S/C27H24ClN7O7/c1-33-24(22(14-31-33)35(40)41)26(37)34(21(27(38)39)12-17-5-3-4-9-29-17)15-16-6-7-19(20(28)11-16)25(36)32-23-13-18(42-2)8-10-30-23/h3-11,13-14,21H,12,15H2,1-2H3,(H,38,39)(H,30,32,36). The van der Waals surface area contributed by atoms with Gasteiger partial charge >= 0.3 is 11.7 Å². The Balaban J connectivity index is 1.67. The molecule has 0 fully saturated rings. The molecular formula is C27H24ClN7O7. The minimum atomic E-state index is -1.47. The van der Waals surface area contributed by atoms with Crippen molar-refractivity contribution in [1.82, 2.24) is 24.6 Å². The SMILES string of the molecule is COc1ccnc(NC(=O)c2ccc(CN(C(=O)c3c([N+](=O)[O-])cnn3C)C(Cc3ccccn3)C(=O)O)cc2Cl)c1. The maximum atomic E-state index is 13.8. The number of aromatic nitrogens is 4. The van der Waals surface area contributed by atoms with Crippen molar-refractivity contribution in [2.24, 2.45) is 7.05 Å². The number of halogens is 1. The summed E-state index contributed by atoms with van der Waals surface area (Å²) in [7, 11) is 2.82. The molecule has 0 radical (unpaired) electrons. The van der Waals surface area contributed by atoms with Crippen molar-refractivity contribution in [2.75, 3.05) is 12.4 Å². The monoisotopic (exact) mass is 593 g/mol. The van der Waals surface area contributed by atoms with Crippen molar-refractivity contribution >= 4 is 40.9 Å². The summed E-state index contributed by atoms with van der Waals surface area (Å²) in [5.74, 6) is -2.14. The molecule has 1 aromatic carbocycles. The van der Waals surface area contributed by atoms with E-state index >= 15 is 0 Å². The summed E-state index contributed by atoms with van der Waals surface area (Å²) >= 11 is 6.44. The largest absolute Gasteiger partial charge is 0.497 e. The number of nitrogens with one attached hydrogen (secondary N) is 1. The number of hydrogen-bond donors (Lipinski definition) is 2. The number of aryl methyl sites for hydroxylation is 1. The van der Waals surface area contributed by atoms with Gasteiger partial charge in [0.05, 0.1) is 22.6 Å². The van der Waals surface area contributed by atoms with Crippen LogP contribution in [0.1, 0.15) is 32.1 Å². The van der Waals surface area contributed by atoms with Gasteiger partial charge in [-0.15, -0.1) is 0 Å². The number of nitrogens with zero attached hydrogens (tertiary/aromatic N) is 6. The molecule has 0 aliphatic heterocycles. The molecule has 2 N–H and O–H groups in total. The third kappa shape index (κ3) is 6.67. The van der Waals surface area contributed by atoms with E-state index < -0.39 is 40.1 Å². The fourth-order valence-electron chi connectivity index (χ4n) is 4.14. The quantitative estimate of drug-likeness (QED) is 0.193. The molecule has 3 heterocycles. The Kier molecular flexibility index (Phi) is 9.07. The Bertz CT molecular complexity index is 1650. The Morgan fingerprint density at radius 1 is 1.17 bits per heavy atom. The number of carbonyl (C=O) groups excluding carboxylic acids is 2. The van der Waals surface area contributed by atoms with Crippen molar-refractivity contribution in [3.05, 3.63) is 105 Å². The van der Waals surface area contributed by atoms with E-state index in [-0.39, 0.29) is 29.4 Å². The molecule has 3 aromatic heterocycles. The molecule has 4 rings (SSSR count). The molecule has 0 aliphatic carbocycles. The van der Waals surface area contributed by atoms with Crippen molar-refractivity contribution in [2.45, 2.75) is 19.0 Å². The lowest BCUT2D eigenvalue weighted by molar-refractivity contribution is -0.385. The van der Waals surface area contributed by atoms with Gasteiger partial charge in [-0.1, -0.05) is 23.7 Å². The van der Waals surface area contributed by atoms with E-state index in [1.807, 2.05) is 0 Å². The van der Waals surface area contributed by atoms with Gasteiger partial charge in [0.2, 0.25) is 5.69 Å². The third-order valence-electron chi connectivity index (χ3n) is 6.21. The van der Waals surface area contributed by atoms with E-state index in [1.165, 1.54) is 50.8 Å². The minimum Gasteiger partial charge on any atom is -0.497 e. The summed E-state index contributed by atoms with van der Waals surface area (Å²) in [6, 6.07) is 10.9. The molecule has 216 valence electrons. The van der Waals surface area contributed by atoms with E-state index in [0.29, 0.717) is 17.0 Å². The average molecular weight is 594 g/mol. The second-order valence-electron chi connectivity index (χ2n) is 8.92. The number of hydrogen-bond acceptors (Lipinski definition) is 9. The predicted octanol–water partition coefficient (Wildman–Crippen LogP) is 3.37. The van der Waals surface area contributed by atoms with Crippen LogP contribution in [0.5, 0.6) is 5.75 Å². The number of aliphatic carboxylic acids is 1. The molecule has 1 atom stereocenters. The van der Waals surface area contributed by atoms with E-state index in [1.54, 1.807) is 24.3 Å².